The summed E-state index contributed by atoms with van der Waals surface area (Å²) in [7, 11) is 0.999. The van der Waals surface area contributed by atoms with Crippen LogP contribution in [0.15, 0.2) is 36.4 Å². The predicted octanol–water partition coefficient (Wildman–Crippen LogP) is 1.44. The standard InChI is InChI=1S/C32H36N4O15/c1-17(37)48-24-12-6-9-21(27(24)50-19(3)39)29(42)33-15-8-11-23(31(44)36(32(45)46)16-14-26(41)35(5)47)34-30(43)22-10-7-13-25(49-18(2)38)28(22)51-20(4)40/h6-7,9-10,12-13,23,47H,8,11,14-16H2,1-5H3,(H,33,42)(H,34,43)(H,45,46)/t23-/m1/s1. The molecule has 0 spiro atoms. The number of ether oxygens (including phenoxy) is 4. The lowest BCUT2D eigenvalue weighted by Crippen LogP contribution is -2.51. The van der Waals surface area contributed by atoms with Crippen molar-refractivity contribution < 1.29 is 72.4 Å². The molecular weight excluding hydrogens is 680 g/mol. The van der Waals surface area contributed by atoms with Crippen molar-refractivity contribution in [3.8, 4) is 23.0 Å². The van der Waals surface area contributed by atoms with Crippen LogP contribution in [0.25, 0.3) is 0 Å². The maximum atomic E-state index is 13.5. The summed E-state index contributed by atoms with van der Waals surface area (Å²) in [5, 5.41) is 24.2. The second kappa shape index (κ2) is 19.0. The lowest BCUT2D eigenvalue weighted by Gasteiger charge is -2.25. The number of amides is 5. The highest BCUT2D eigenvalue weighted by Crippen LogP contribution is 2.33. The molecule has 0 aromatic heterocycles. The molecule has 19 heteroatoms. The van der Waals surface area contributed by atoms with E-state index in [1.807, 2.05) is 0 Å². The maximum Gasteiger partial charge on any atom is 0.414 e. The fourth-order valence-corrected chi connectivity index (χ4v) is 4.31. The summed E-state index contributed by atoms with van der Waals surface area (Å²) in [6, 6.07) is 6.01. The Morgan fingerprint density at radius 1 is 0.725 bits per heavy atom. The Bertz CT molecular complexity index is 1710. The van der Waals surface area contributed by atoms with Crippen molar-refractivity contribution in [3.63, 3.8) is 0 Å². The Labute approximate surface area is 290 Å². The van der Waals surface area contributed by atoms with Crippen LogP contribution in [0.5, 0.6) is 23.0 Å². The van der Waals surface area contributed by atoms with E-state index in [-0.39, 0.29) is 57.7 Å². The molecule has 2 aromatic carbocycles. The first-order chi connectivity index (χ1) is 23.9. The van der Waals surface area contributed by atoms with Crippen LogP contribution in [0.3, 0.4) is 0 Å². The molecule has 2 aromatic rings. The van der Waals surface area contributed by atoms with Crippen LogP contribution >= 0.6 is 0 Å². The van der Waals surface area contributed by atoms with Gasteiger partial charge in [0.05, 0.1) is 11.1 Å². The fraction of sp³-hybridized carbons (Fsp3) is 0.344. The minimum absolute atomic E-state index is 0.0922. The molecule has 51 heavy (non-hydrogen) atoms. The lowest BCUT2D eigenvalue weighted by atomic mass is 10.1. The largest absolute Gasteiger partial charge is 0.465 e. The van der Waals surface area contributed by atoms with Gasteiger partial charge in [-0.15, -0.1) is 0 Å². The van der Waals surface area contributed by atoms with Crippen molar-refractivity contribution in [1.82, 2.24) is 20.6 Å². The first-order valence-corrected chi connectivity index (χ1v) is 15.0. The van der Waals surface area contributed by atoms with Crippen molar-refractivity contribution >= 4 is 53.6 Å². The third-order valence-corrected chi connectivity index (χ3v) is 6.41. The van der Waals surface area contributed by atoms with Crippen molar-refractivity contribution in [2.24, 2.45) is 0 Å². The van der Waals surface area contributed by atoms with Gasteiger partial charge in [0, 0.05) is 54.3 Å². The second-order valence-electron chi connectivity index (χ2n) is 10.5. The number of carbonyl (C=O) groups is 9. The highest BCUT2D eigenvalue weighted by atomic mass is 16.6. The molecule has 1 atom stereocenters. The third kappa shape index (κ3) is 12.5. The highest BCUT2D eigenvalue weighted by molar-refractivity contribution is 6.03. The maximum absolute atomic E-state index is 13.5. The SMILES string of the molecule is CC(=O)Oc1cccc(C(=O)NCCC[C@@H](NC(=O)c2cccc(OC(C)=O)c2OC(C)=O)C(=O)N(CCC(=O)N(C)O)C(=O)O)c1OC(C)=O. The first kappa shape index (κ1) is 40.8. The topological polar surface area (TPSA) is 262 Å². The Morgan fingerprint density at radius 2 is 1.20 bits per heavy atom. The number of carbonyl (C=O) groups excluding carboxylic acids is 8. The molecule has 19 nitrogen and oxygen atoms in total. The zero-order chi connectivity index (χ0) is 38.4. The molecule has 0 radical (unpaired) electrons. The number of imide groups is 1. The minimum atomic E-state index is -1.79. The van der Waals surface area contributed by atoms with Gasteiger partial charge in [-0.1, -0.05) is 12.1 Å². The summed E-state index contributed by atoms with van der Waals surface area (Å²) < 4.78 is 20.3. The van der Waals surface area contributed by atoms with Crippen molar-refractivity contribution in [1.29, 1.82) is 0 Å². The van der Waals surface area contributed by atoms with Gasteiger partial charge in [-0.2, -0.15) is 0 Å². The smallest absolute Gasteiger partial charge is 0.414 e. The van der Waals surface area contributed by atoms with Gasteiger partial charge >= 0.3 is 30.0 Å². The van der Waals surface area contributed by atoms with Gasteiger partial charge in [0.25, 0.3) is 17.7 Å². The number of benzene rings is 2. The van der Waals surface area contributed by atoms with Crippen molar-refractivity contribution in [3.05, 3.63) is 47.5 Å². The average Bonchev–Trinajstić information content (AvgIpc) is 3.02. The van der Waals surface area contributed by atoms with Crippen LogP contribution < -0.4 is 29.6 Å². The number of nitrogens with zero attached hydrogens (tertiary/aromatic N) is 2. The van der Waals surface area contributed by atoms with E-state index in [1.54, 1.807) is 0 Å². The Morgan fingerprint density at radius 3 is 1.63 bits per heavy atom. The molecule has 0 fully saturated rings. The summed E-state index contributed by atoms with van der Waals surface area (Å²) in [6.07, 6.45) is -2.81. The summed E-state index contributed by atoms with van der Waals surface area (Å²) in [6.45, 7) is 3.34. The quantitative estimate of drug-likeness (QED) is 0.0668. The van der Waals surface area contributed by atoms with Crippen LogP contribution in [0.4, 0.5) is 4.79 Å². The zero-order valence-electron chi connectivity index (χ0n) is 28.2. The lowest BCUT2D eigenvalue weighted by molar-refractivity contribution is -0.159. The molecular formula is C32H36N4O15. The van der Waals surface area contributed by atoms with E-state index >= 15 is 0 Å². The van der Waals surface area contributed by atoms with Crippen LogP contribution in [0.2, 0.25) is 0 Å². The Balaban J connectivity index is 2.39. The van der Waals surface area contributed by atoms with Gasteiger partial charge in [-0.05, 0) is 37.1 Å². The van der Waals surface area contributed by atoms with Gasteiger partial charge in [-0.25, -0.2) is 14.8 Å². The molecule has 0 bridgehead atoms. The molecule has 0 heterocycles. The minimum Gasteiger partial charge on any atom is -0.465 e. The number of carboxylic acid groups (broad SMARTS) is 1. The zero-order valence-corrected chi connectivity index (χ0v) is 28.2. The fourth-order valence-electron chi connectivity index (χ4n) is 4.31. The van der Waals surface area contributed by atoms with E-state index in [0.717, 1.165) is 34.7 Å². The number of hydrogen-bond acceptors (Lipinski definition) is 14. The van der Waals surface area contributed by atoms with Crippen LogP contribution in [-0.2, 0) is 28.8 Å². The normalized spacial score (nSPS) is 10.9. The molecule has 0 aliphatic heterocycles. The van der Waals surface area contributed by atoms with Crippen molar-refractivity contribution in [2.45, 2.75) is 53.0 Å². The number of esters is 4. The van der Waals surface area contributed by atoms with Gasteiger partial charge in [0.2, 0.25) is 5.91 Å². The van der Waals surface area contributed by atoms with E-state index in [2.05, 4.69) is 10.6 Å². The summed E-state index contributed by atoms with van der Waals surface area (Å²) in [5.74, 6) is -8.56. The third-order valence-electron chi connectivity index (χ3n) is 6.41. The molecule has 0 unspecified atom stereocenters. The molecule has 0 saturated heterocycles. The molecule has 0 saturated carbocycles. The number of para-hydroxylation sites is 2. The van der Waals surface area contributed by atoms with Gasteiger partial charge in [0.15, 0.2) is 23.0 Å². The van der Waals surface area contributed by atoms with Gasteiger partial charge in [-0.3, -0.25) is 43.6 Å². The Kier molecular flexibility index (Phi) is 15.2. The monoisotopic (exact) mass is 716 g/mol. The summed E-state index contributed by atoms with van der Waals surface area (Å²) in [5.41, 5.74) is -0.564. The van der Waals surface area contributed by atoms with Crippen molar-refractivity contribution in [2.75, 3.05) is 20.1 Å². The van der Waals surface area contributed by atoms with Crippen LogP contribution in [-0.4, -0.2) is 100 Å². The molecule has 5 amide bonds. The number of hydrogen-bond donors (Lipinski definition) is 4. The molecule has 0 aliphatic rings. The Hall–Kier alpha value is -6.37. The molecule has 0 aliphatic carbocycles. The van der Waals surface area contributed by atoms with E-state index in [9.17, 15) is 53.5 Å². The predicted molar refractivity (Wildman–Crippen MR) is 170 cm³/mol. The molecule has 274 valence electrons. The van der Waals surface area contributed by atoms with Crippen LogP contribution in [0.1, 0.15) is 67.7 Å². The van der Waals surface area contributed by atoms with Gasteiger partial charge < -0.3 is 34.7 Å². The van der Waals surface area contributed by atoms with E-state index in [0.29, 0.717) is 0 Å². The number of hydroxylamine groups is 2. The molecule has 2 rings (SSSR count). The van der Waals surface area contributed by atoms with E-state index in [4.69, 9.17) is 18.9 Å². The number of nitrogens with one attached hydrogen (secondary N) is 2. The van der Waals surface area contributed by atoms with Crippen LogP contribution in [0, 0.1) is 0 Å². The average molecular weight is 717 g/mol. The summed E-state index contributed by atoms with van der Waals surface area (Å²) in [4.78, 5) is 111. The van der Waals surface area contributed by atoms with E-state index < -0.39 is 78.4 Å². The summed E-state index contributed by atoms with van der Waals surface area (Å²) >= 11 is 0. The molecule has 4 N–H and O–H groups in total. The number of rotatable bonds is 15. The van der Waals surface area contributed by atoms with E-state index in [1.165, 1.54) is 36.4 Å². The second-order valence-corrected chi connectivity index (χ2v) is 10.5. The first-order valence-electron chi connectivity index (χ1n) is 15.0. The van der Waals surface area contributed by atoms with Gasteiger partial charge in [0.1, 0.15) is 6.04 Å². The highest BCUT2D eigenvalue weighted by Gasteiger charge is 2.32.